The topological polar surface area (TPSA) is 76.7 Å². The minimum atomic E-state index is -1.09. The first kappa shape index (κ1) is 12.8. The SMILES string of the molecule is O=C(NC(=O)C1=COCO1)Nc1c(F)cccc1F. The second kappa shape index (κ2) is 5.34. The number of carbonyl (C=O) groups excluding carboxylic acids is 2. The number of amides is 3. The van der Waals surface area contributed by atoms with Crippen molar-refractivity contribution in [3.63, 3.8) is 0 Å². The molecule has 19 heavy (non-hydrogen) atoms. The van der Waals surface area contributed by atoms with E-state index in [1.807, 2.05) is 10.6 Å². The van der Waals surface area contributed by atoms with Gasteiger partial charge in [0.1, 0.15) is 23.6 Å². The number of carbonyl (C=O) groups is 2. The van der Waals surface area contributed by atoms with Gasteiger partial charge >= 0.3 is 6.03 Å². The molecule has 6 nitrogen and oxygen atoms in total. The molecule has 0 atom stereocenters. The van der Waals surface area contributed by atoms with Crippen LogP contribution in [0.2, 0.25) is 0 Å². The molecule has 1 aliphatic rings. The van der Waals surface area contributed by atoms with Gasteiger partial charge in [0.25, 0.3) is 5.91 Å². The fourth-order valence-corrected chi connectivity index (χ4v) is 1.29. The summed E-state index contributed by atoms with van der Waals surface area (Å²) < 4.78 is 35.8. The van der Waals surface area contributed by atoms with E-state index in [4.69, 9.17) is 4.74 Å². The molecule has 0 fully saturated rings. The largest absolute Gasteiger partial charge is 0.461 e. The Bertz CT molecular complexity index is 539. The van der Waals surface area contributed by atoms with Crippen molar-refractivity contribution in [3.8, 4) is 0 Å². The molecule has 8 heteroatoms. The fourth-order valence-electron chi connectivity index (χ4n) is 1.29. The van der Waals surface area contributed by atoms with E-state index in [2.05, 4.69) is 4.74 Å². The van der Waals surface area contributed by atoms with Crippen LogP contribution in [0.15, 0.2) is 30.2 Å². The van der Waals surface area contributed by atoms with Crippen molar-refractivity contribution < 1.29 is 27.8 Å². The van der Waals surface area contributed by atoms with Gasteiger partial charge in [-0.05, 0) is 12.1 Å². The normalized spacial score (nSPS) is 13.1. The number of nitrogens with one attached hydrogen (secondary N) is 2. The molecule has 0 saturated carbocycles. The van der Waals surface area contributed by atoms with E-state index in [1.165, 1.54) is 0 Å². The van der Waals surface area contributed by atoms with Crippen LogP contribution in [0.4, 0.5) is 19.3 Å². The van der Waals surface area contributed by atoms with Crippen molar-refractivity contribution in [1.29, 1.82) is 0 Å². The summed E-state index contributed by atoms with van der Waals surface area (Å²) in [4.78, 5) is 22.8. The Morgan fingerprint density at radius 2 is 1.89 bits per heavy atom. The lowest BCUT2D eigenvalue weighted by molar-refractivity contribution is -0.119. The van der Waals surface area contributed by atoms with Crippen LogP contribution in [0.1, 0.15) is 0 Å². The first-order valence-electron chi connectivity index (χ1n) is 5.09. The van der Waals surface area contributed by atoms with E-state index in [0.717, 1.165) is 24.5 Å². The number of hydrogen-bond donors (Lipinski definition) is 2. The molecule has 1 heterocycles. The summed E-state index contributed by atoms with van der Waals surface area (Å²) in [6, 6.07) is 1.99. The predicted molar refractivity (Wildman–Crippen MR) is 58.6 cm³/mol. The van der Waals surface area contributed by atoms with Gasteiger partial charge < -0.3 is 14.8 Å². The molecule has 0 unspecified atom stereocenters. The molecule has 0 spiro atoms. The maximum atomic E-state index is 13.2. The van der Waals surface area contributed by atoms with Crippen LogP contribution < -0.4 is 10.6 Å². The molecule has 0 aliphatic carbocycles. The summed E-state index contributed by atoms with van der Waals surface area (Å²) in [7, 11) is 0. The Balaban J connectivity index is 2.00. The number of urea groups is 1. The quantitative estimate of drug-likeness (QED) is 0.853. The molecule has 3 amide bonds. The third-order valence-corrected chi connectivity index (χ3v) is 2.12. The van der Waals surface area contributed by atoms with Gasteiger partial charge in [-0.2, -0.15) is 0 Å². The molecule has 0 bridgehead atoms. The lowest BCUT2D eigenvalue weighted by Gasteiger charge is -2.08. The van der Waals surface area contributed by atoms with Crippen molar-refractivity contribution in [2.45, 2.75) is 0 Å². The zero-order valence-corrected chi connectivity index (χ0v) is 9.41. The van der Waals surface area contributed by atoms with Crippen LogP contribution in [0.25, 0.3) is 0 Å². The third-order valence-electron chi connectivity index (χ3n) is 2.12. The number of benzene rings is 1. The molecule has 100 valence electrons. The van der Waals surface area contributed by atoms with Crippen molar-refractivity contribution in [3.05, 3.63) is 41.9 Å². The highest BCUT2D eigenvalue weighted by atomic mass is 19.1. The minimum Gasteiger partial charge on any atom is -0.461 e. The van der Waals surface area contributed by atoms with E-state index in [1.54, 1.807) is 0 Å². The maximum Gasteiger partial charge on any atom is 0.326 e. The number of ether oxygens (including phenoxy) is 2. The zero-order valence-electron chi connectivity index (χ0n) is 9.41. The van der Waals surface area contributed by atoms with Gasteiger partial charge in [0.15, 0.2) is 0 Å². The van der Waals surface area contributed by atoms with Gasteiger partial charge in [-0.3, -0.25) is 10.1 Å². The number of hydrogen-bond acceptors (Lipinski definition) is 4. The van der Waals surface area contributed by atoms with E-state index >= 15 is 0 Å². The van der Waals surface area contributed by atoms with Crippen LogP contribution in [-0.2, 0) is 14.3 Å². The minimum absolute atomic E-state index is 0.133. The average molecular weight is 270 g/mol. The zero-order chi connectivity index (χ0) is 13.8. The summed E-state index contributed by atoms with van der Waals surface area (Å²) in [5.41, 5.74) is -0.648. The number of rotatable bonds is 2. The van der Waals surface area contributed by atoms with E-state index in [0.29, 0.717) is 0 Å². The Morgan fingerprint density at radius 3 is 2.47 bits per heavy atom. The molecule has 0 radical (unpaired) electrons. The first-order valence-corrected chi connectivity index (χ1v) is 5.09. The highest BCUT2D eigenvalue weighted by Crippen LogP contribution is 2.17. The first-order chi connectivity index (χ1) is 9.08. The smallest absolute Gasteiger partial charge is 0.326 e. The van der Waals surface area contributed by atoms with Gasteiger partial charge in [0.2, 0.25) is 12.6 Å². The molecule has 0 saturated heterocycles. The van der Waals surface area contributed by atoms with Crippen LogP contribution in [-0.4, -0.2) is 18.7 Å². The van der Waals surface area contributed by atoms with Gasteiger partial charge in [-0.1, -0.05) is 6.07 Å². The summed E-state index contributed by atoms with van der Waals surface area (Å²) >= 11 is 0. The Labute approximate surface area is 106 Å². The molecule has 2 N–H and O–H groups in total. The van der Waals surface area contributed by atoms with Crippen molar-refractivity contribution >= 4 is 17.6 Å². The lowest BCUT2D eigenvalue weighted by atomic mass is 10.3. The van der Waals surface area contributed by atoms with E-state index in [9.17, 15) is 18.4 Å². The predicted octanol–water partition coefficient (Wildman–Crippen LogP) is 1.46. The summed E-state index contributed by atoms with van der Waals surface area (Å²) in [6.45, 7) is -0.133. The third kappa shape index (κ3) is 2.97. The molecular formula is C11H8F2N2O4. The van der Waals surface area contributed by atoms with Crippen LogP contribution in [0.5, 0.6) is 0 Å². The van der Waals surface area contributed by atoms with Crippen LogP contribution in [0, 0.1) is 11.6 Å². The Hall–Kier alpha value is -2.64. The van der Waals surface area contributed by atoms with Crippen molar-refractivity contribution in [2.75, 3.05) is 12.1 Å². The fraction of sp³-hybridized carbons (Fsp3) is 0.0909. The molecule has 1 aromatic carbocycles. The second-order valence-corrected chi connectivity index (χ2v) is 3.42. The van der Waals surface area contributed by atoms with Gasteiger partial charge in [0, 0.05) is 0 Å². The number of halogens is 2. The summed E-state index contributed by atoms with van der Waals surface area (Å²) in [6.07, 6.45) is 1.02. The van der Waals surface area contributed by atoms with Gasteiger partial charge in [-0.25, -0.2) is 13.6 Å². The molecule has 2 rings (SSSR count). The highest BCUT2D eigenvalue weighted by molar-refractivity contribution is 6.06. The molecule has 0 aromatic heterocycles. The molecule has 1 aliphatic heterocycles. The molecule has 1 aromatic rings. The Morgan fingerprint density at radius 1 is 1.21 bits per heavy atom. The van der Waals surface area contributed by atoms with Crippen molar-refractivity contribution in [1.82, 2.24) is 5.32 Å². The van der Waals surface area contributed by atoms with Gasteiger partial charge in [0.05, 0.1) is 0 Å². The van der Waals surface area contributed by atoms with Crippen molar-refractivity contribution in [2.24, 2.45) is 0 Å². The average Bonchev–Trinajstić information content (AvgIpc) is 2.88. The monoisotopic (exact) mass is 270 g/mol. The second-order valence-electron chi connectivity index (χ2n) is 3.42. The van der Waals surface area contributed by atoms with Crippen LogP contribution >= 0.6 is 0 Å². The molecular weight excluding hydrogens is 262 g/mol. The van der Waals surface area contributed by atoms with E-state index in [-0.39, 0.29) is 12.6 Å². The highest BCUT2D eigenvalue weighted by Gasteiger charge is 2.20. The van der Waals surface area contributed by atoms with Crippen LogP contribution in [0.3, 0.4) is 0 Å². The van der Waals surface area contributed by atoms with Gasteiger partial charge in [-0.15, -0.1) is 0 Å². The Kier molecular flexibility index (Phi) is 3.60. The summed E-state index contributed by atoms with van der Waals surface area (Å²) in [5.74, 6) is -3.00. The standard InChI is InChI=1S/C11H8F2N2O4/c12-6-2-1-3-7(13)9(6)14-11(17)15-10(16)8-4-18-5-19-8/h1-4H,5H2,(H2,14,15,16,17). The summed E-state index contributed by atoms with van der Waals surface area (Å²) in [5, 5.41) is 3.72. The number of para-hydroxylation sites is 1. The van der Waals surface area contributed by atoms with E-state index < -0.39 is 29.3 Å². The lowest BCUT2D eigenvalue weighted by Crippen LogP contribution is -2.35. The number of anilines is 1. The number of imide groups is 1. The maximum absolute atomic E-state index is 13.2.